The van der Waals surface area contributed by atoms with E-state index in [1.54, 1.807) is 0 Å². The van der Waals surface area contributed by atoms with Crippen LogP contribution >= 0.6 is 15.9 Å². The summed E-state index contributed by atoms with van der Waals surface area (Å²) in [6.07, 6.45) is 0.221. The number of aliphatic hydroxyl groups excluding tert-OH is 1. The van der Waals surface area contributed by atoms with E-state index in [0.29, 0.717) is 5.69 Å². The Morgan fingerprint density at radius 3 is 2.83 bits per heavy atom. The summed E-state index contributed by atoms with van der Waals surface area (Å²) in [5.74, 6) is -4.11. The van der Waals surface area contributed by atoms with E-state index in [9.17, 15) is 27.5 Å². The van der Waals surface area contributed by atoms with Gasteiger partial charge in [0.25, 0.3) is 5.92 Å². The molecule has 0 aromatic carbocycles. The van der Waals surface area contributed by atoms with Crippen LogP contribution in [-0.4, -0.2) is 49.6 Å². The van der Waals surface area contributed by atoms with Gasteiger partial charge in [-0.15, -0.1) is 0 Å². The number of halogens is 5. The first-order valence-electron chi connectivity index (χ1n) is 9.26. The second-order valence-corrected chi connectivity index (χ2v) is 8.26. The molecule has 0 saturated carbocycles. The Bertz CT molecular complexity index is 1000. The highest BCUT2D eigenvalue weighted by Crippen LogP contribution is 2.43. The van der Waals surface area contributed by atoms with Crippen molar-refractivity contribution in [1.29, 1.82) is 0 Å². The number of urea groups is 1. The van der Waals surface area contributed by atoms with Crippen LogP contribution in [0, 0.1) is 5.82 Å². The van der Waals surface area contributed by atoms with Gasteiger partial charge in [-0.1, -0.05) is 0 Å². The molecule has 2 aliphatic heterocycles. The number of hydrogen-bond donors (Lipinski definition) is 2. The average Bonchev–Trinajstić information content (AvgIpc) is 3.02. The van der Waals surface area contributed by atoms with Crippen LogP contribution < -0.4 is 5.32 Å². The molecule has 0 aliphatic carbocycles. The zero-order valence-corrected chi connectivity index (χ0v) is 17.2. The van der Waals surface area contributed by atoms with E-state index in [2.05, 4.69) is 31.3 Å². The molecule has 2 aromatic heterocycles. The monoisotopic (exact) mass is 491 g/mol. The highest BCUT2D eigenvalue weighted by molar-refractivity contribution is 9.10. The lowest BCUT2D eigenvalue weighted by Crippen LogP contribution is -2.39. The summed E-state index contributed by atoms with van der Waals surface area (Å²) >= 11 is 2.93. The molecule has 30 heavy (non-hydrogen) atoms. The molecule has 0 bridgehead atoms. The van der Waals surface area contributed by atoms with Gasteiger partial charge in [0.1, 0.15) is 10.3 Å². The summed E-state index contributed by atoms with van der Waals surface area (Å²) in [5, 5.41) is 15.9. The Labute approximate surface area is 177 Å². The van der Waals surface area contributed by atoms with Gasteiger partial charge in [-0.3, -0.25) is 4.68 Å². The summed E-state index contributed by atoms with van der Waals surface area (Å²) in [7, 11) is 0. The van der Waals surface area contributed by atoms with Crippen molar-refractivity contribution in [3.05, 3.63) is 39.6 Å². The number of amides is 2. The molecule has 2 aliphatic rings. The van der Waals surface area contributed by atoms with Gasteiger partial charge in [-0.25, -0.2) is 18.6 Å². The third-order valence-electron chi connectivity index (χ3n) is 5.43. The molecular weight excluding hydrogens is 474 g/mol. The van der Waals surface area contributed by atoms with E-state index < -0.39 is 55.1 Å². The van der Waals surface area contributed by atoms with E-state index in [4.69, 9.17) is 0 Å². The first kappa shape index (κ1) is 21.0. The highest BCUT2D eigenvalue weighted by atomic mass is 79.9. The fraction of sp³-hybridized carbons (Fsp3) is 0.500. The molecule has 0 fully saturated rings. The van der Waals surface area contributed by atoms with Crippen molar-refractivity contribution in [1.82, 2.24) is 19.7 Å². The number of hydrogen-bond acceptors (Lipinski definition) is 4. The minimum Gasteiger partial charge on any atom is -0.393 e. The number of carbonyl (C=O) groups excluding carboxylic acids is 1. The van der Waals surface area contributed by atoms with Crippen LogP contribution in [0.25, 0.3) is 0 Å². The fourth-order valence-electron chi connectivity index (χ4n) is 3.81. The number of alkyl halides is 3. The Morgan fingerprint density at radius 1 is 1.33 bits per heavy atom. The lowest BCUT2D eigenvalue weighted by Gasteiger charge is -2.28. The maximum atomic E-state index is 14.8. The number of fused-ring (bicyclic) bond motifs is 3. The lowest BCUT2D eigenvalue weighted by atomic mass is 9.97. The van der Waals surface area contributed by atoms with Crippen LogP contribution in [0.4, 0.5) is 28.0 Å². The molecule has 0 saturated heterocycles. The Hall–Kier alpha value is -2.21. The molecule has 162 valence electrons. The second-order valence-electron chi connectivity index (χ2n) is 7.51. The first-order chi connectivity index (χ1) is 14.1. The molecule has 0 radical (unpaired) electrons. The van der Waals surface area contributed by atoms with Crippen molar-refractivity contribution in [3.8, 4) is 0 Å². The largest absolute Gasteiger partial charge is 0.393 e. The van der Waals surface area contributed by atoms with Crippen LogP contribution in [0.15, 0.2) is 16.9 Å². The van der Waals surface area contributed by atoms with Gasteiger partial charge in [0, 0.05) is 31.1 Å². The number of nitrogens with one attached hydrogen (secondary N) is 1. The van der Waals surface area contributed by atoms with Gasteiger partial charge in [0.15, 0.2) is 11.5 Å². The zero-order valence-electron chi connectivity index (χ0n) is 15.6. The predicted molar refractivity (Wildman–Crippen MR) is 101 cm³/mol. The van der Waals surface area contributed by atoms with Crippen LogP contribution in [0.3, 0.4) is 0 Å². The quantitative estimate of drug-likeness (QED) is 0.498. The minimum absolute atomic E-state index is 0.0681. The van der Waals surface area contributed by atoms with Crippen molar-refractivity contribution < 1.29 is 27.5 Å². The molecule has 4 rings (SSSR count). The lowest BCUT2D eigenvalue weighted by molar-refractivity contribution is -0.0323. The maximum absolute atomic E-state index is 14.8. The SMILES string of the molecule is O=C(Nc1ccnc(Br)c1F)N1CCc2nn3c(c2C1)C(F)(F)CCC(F)(CO)C3. The van der Waals surface area contributed by atoms with Crippen molar-refractivity contribution in [2.24, 2.45) is 0 Å². The van der Waals surface area contributed by atoms with Gasteiger partial charge in [0.2, 0.25) is 0 Å². The van der Waals surface area contributed by atoms with Crippen molar-refractivity contribution >= 4 is 27.6 Å². The third kappa shape index (κ3) is 3.66. The standard InChI is InChI=1S/C18H18BrF4N5O2/c19-15-13(20)12(1-5-24-15)25-16(30)27-6-2-11-10(7-27)14-18(22,23)4-3-17(21,9-29)8-28(14)26-11/h1,5,29H,2-4,6-9H2,(H,24,25,30). The number of rotatable bonds is 2. The summed E-state index contributed by atoms with van der Waals surface area (Å²) in [6.45, 7) is -1.35. The zero-order chi connectivity index (χ0) is 21.7. The summed E-state index contributed by atoms with van der Waals surface area (Å²) in [5.41, 5.74) is -2.18. The van der Waals surface area contributed by atoms with Crippen LogP contribution in [0.1, 0.15) is 29.8 Å². The molecule has 2 aromatic rings. The maximum Gasteiger partial charge on any atom is 0.322 e. The number of aliphatic hydroxyl groups is 1. The van der Waals surface area contributed by atoms with Crippen molar-refractivity contribution in [3.63, 3.8) is 0 Å². The molecule has 1 unspecified atom stereocenters. The predicted octanol–water partition coefficient (Wildman–Crippen LogP) is 3.36. The van der Waals surface area contributed by atoms with E-state index in [-0.39, 0.29) is 35.4 Å². The fourth-order valence-corrected chi connectivity index (χ4v) is 4.14. The minimum atomic E-state index is -3.36. The molecule has 2 amide bonds. The molecular formula is C18H18BrF4N5O2. The molecule has 4 heterocycles. The average molecular weight is 492 g/mol. The normalized spacial score (nSPS) is 22.8. The molecule has 7 nitrogen and oxygen atoms in total. The van der Waals surface area contributed by atoms with E-state index in [1.807, 2.05) is 0 Å². The van der Waals surface area contributed by atoms with Gasteiger partial charge < -0.3 is 15.3 Å². The van der Waals surface area contributed by atoms with Gasteiger partial charge >= 0.3 is 6.03 Å². The van der Waals surface area contributed by atoms with Crippen molar-refractivity contribution in [2.45, 2.75) is 43.9 Å². The van der Waals surface area contributed by atoms with Gasteiger partial charge in [0.05, 0.1) is 31.1 Å². The number of aromatic nitrogens is 3. The third-order valence-corrected chi connectivity index (χ3v) is 5.98. The van der Waals surface area contributed by atoms with Crippen LogP contribution in [-0.2, 0) is 25.4 Å². The second kappa shape index (κ2) is 7.49. The highest BCUT2D eigenvalue weighted by Gasteiger charge is 2.48. The van der Waals surface area contributed by atoms with Gasteiger partial charge in [-0.2, -0.15) is 13.9 Å². The Kier molecular flexibility index (Phi) is 5.25. The van der Waals surface area contributed by atoms with Gasteiger partial charge in [-0.05, 0) is 28.4 Å². The Balaban J connectivity index is 1.61. The number of nitrogens with zero attached hydrogens (tertiary/aromatic N) is 4. The molecule has 12 heteroatoms. The van der Waals surface area contributed by atoms with Crippen LogP contribution in [0.5, 0.6) is 0 Å². The number of pyridine rings is 1. The van der Waals surface area contributed by atoms with Crippen LogP contribution in [0.2, 0.25) is 0 Å². The first-order valence-corrected chi connectivity index (χ1v) is 10.1. The van der Waals surface area contributed by atoms with E-state index >= 15 is 0 Å². The molecule has 1 atom stereocenters. The molecule has 2 N–H and O–H groups in total. The van der Waals surface area contributed by atoms with E-state index in [1.165, 1.54) is 17.2 Å². The topological polar surface area (TPSA) is 83.3 Å². The molecule has 0 spiro atoms. The van der Waals surface area contributed by atoms with E-state index in [0.717, 1.165) is 4.68 Å². The Morgan fingerprint density at radius 2 is 2.10 bits per heavy atom. The summed E-state index contributed by atoms with van der Waals surface area (Å²) in [4.78, 5) is 17.6. The summed E-state index contributed by atoms with van der Waals surface area (Å²) in [6, 6.07) is 0.619. The van der Waals surface area contributed by atoms with Crippen molar-refractivity contribution in [2.75, 3.05) is 18.5 Å². The summed E-state index contributed by atoms with van der Waals surface area (Å²) < 4.78 is 59.3. The number of anilines is 1. The number of carbonyl (C=O) groups is 1. The smallest absolute Gasteiger partial charge is 0.322 e.